The van der Waals surface area contributed by atoms with Crippen LogP contribution in [0.5, 0.6) is 0 Å². The number of benzene rings is 1. The standard InChI is InChI=1S/C20H18ClN3O3/c1-20(2)8-16-13(10-27-20)7-15-18(23-16)22-11-24(19(15)26)9-17(25)12-3-5-14(21)6-4-12/h3-7,11H,8-10H2,1-2H3. The number of nitrogens with zero attached hydrogens (tertiary/aromatic N) is 3. The molecule has 0 amide bonds. The number of hydrogen-bond acceptors (Lipinski definition) is 5. The summed E-state index contributed by atoms with van der Waals surface area (Å²) in [6, 6.07) is 8.36. The van der Waals surface area contributed by atoms with E-state index < -0.39 is 0 Å². The second kappa shape index (κ2) is 6.55. The number of hydrogen-bond donors (Lipinski definition) is 0. The van der Waals surface area contributed by atoms with Gasteiger partial charge in [0.2, 0.25) is 0 Å². The summed E-state index contributed by atoms with van der Waals surface area (Å²) in [4.78, 5) is 34.1. The quantitative estimate of drug-likeness (QED) is 0.649. The fraction of sp³-hybridized carbons (Fsp3) is 0.300. The van der Waals surface area contributed by atoms with Crippen molar-refractivity contribution in [3.05, 3.63) is 68.9 Å². The van der Waals surface area contributed by atoms with Crippen molar-refractivity contribution in [3.8, 4) is 0 Å². The Bertz CT molecular complexity index is 1100. The molecule has 0 unspecified atom stereocenters. The molecular formula is C20H18ClN3O3. The smallest absolute Gasteiger partial charge is 0.263 e. The van der Waals surface area contributed by atoms with E-state index in [4.69, 9.17) is 16.3 Å². The minimum absolute atomic E-state index is 0.0932. The van der Waals surface area contributed by atoms with Crippen molar-refractivity contribution < 1.29 is 9.53 Å². The van der Waals surface area contributed by atoms with Crippen LogP contribution < -0.4 is 5.56 Å². The summed E-state index contributed by atoms with van der Waals surface area (Å²) in [6.45, 7) is 4.33. The van der Waals surface area contributed by atoms with Crippen LogP contribution in [0, 0.1) is 0 Å². The molecule has 6 nitrogen and oxygen atoms in total. The van der Waals surface area contributed by atoms with E-state index in [2.05, 4.69) is 9.97 Å². The fourth-order valence-corrected chi connectivity index (χ4v) is 3.30. The van der Waals surface area contributed by atoms with E-state index in [0.717, 1.165) is 11.3 Å². The molecule has 0 radical (unpaired) electrons. The lowest BCUT2D eigenvalue weighted by molar-refractivity contribution is -0.0411. The number of carbonyl (C=O) groups excluding carboxylic acids is 1. The van der Waals surface area contributed by atoms with Gasteiger partial charge in [0, 0.05) is 22.6 Å². The maximum absolute atomic E-state index is 12.8. The van der Waals surface area contributed by atoms with Gasteiger partial charge in [-0.05, 0) is 44.2 Å². The fourth-order valence-electron chi connectivity index (χ4n) is 3.17. The van der Waals surface area contributed by atoms with Gasteiger partial charge in [0.15, 0.2) is 11.4 Å². The van der Waals surface area contributed by atoms with Crippen molar-refractivity contribution in [1.82, 2.24) is 14.5 Å². The number of ether oxygens (including phenoxy) is 1. The minimum Gasteiger partial charge on any atom is -0.370 e. The maximum Gasteiger partial charge on any atom is 0.263 e. The third-order valence-electron chi connectivity index (χ3n) is 4.67. The lowest BCUT2D eigenvalue weighted by Crippen LogP contribution is -2.33. The molecule has 1 aliphatic heterocycles. The lowest BCUT2D eigenvalue weighted by Gasteiger charge is -2.31. The van der Waals surface area contributed by atoms with Crippen molar-refractivity contribution in [2.24, 2.45) is 0 Å². The number of Topliss-reactive ketones (excluding diaryl/α,β-unsaturated/α-hetero) is 1. The van der Waals surface area contributed by atoms with E-state index >= 15 is 0 Å². The highest BCUT2D eigenvalue weighted by molar-refractivity contribution is 6.30. The molecule has 0 spiro atoms. The molecule has 0 atom stereocenters. The number of fused-ring (bicyclic) bond motifs is 2. The first kappa shape index (κ1) is 17.8. The Balaban J connectivity index is 1.69. The van der Waals surface area contributed by atoms with E-state index in [1.807, 2.05) is 13.8 Å². The van der Waals surface area contributed by atoms with E-state index in [0.29, 0.717) is 34.6 Å². The van der Waals surface area contributed by atoms with Gasteiger partial charge in [0.25, 0.3) is 5.56 Å². The highest BCUT2D eigenvalue weighted by atomic mass is 35.5. The van der Waals surface area contributed by atoms with Crippen molar-refractivity contribution in [1.29, 1.82) is 0 Å². The predicted molar refractivity (Wildman–Crippen MR) is 102 cm³/mol. The number of carbonyl (C=O) groups is 1. The summed E-state index contributed by atoms with van der Waals surface area (Å²) in [5.41, 5.74) is 2.11. The predicted octanol–water partition coefficient (Wildman–Crippen LogP) is 3.18. The molecule has 0 saturated carbocycles. The zero-order valence-corrected chi connectivity index (χ0v) is 15.8. The topological polar surface area (TPSA) is 74.1 Å². The summed E-state index contributed by atoms with van der Waals surface area (Å²) < 4.78 is 7.12. The van der Waals surface area contributed by atoms with Crippen LogP contribution in [0.15, 0.2) is 41.5 Å². The number of aromatic nitrogens is 3. The van der Waals surface area contributed by atoms with Crippen molar-refractivity contribution in [2.75, 3.05) is 0 Å². The molecule has 1 aliphatic rings. The summed E-state index contributed by atoms with van der Waals surface area (Å²) in [5.74, 6) is -0.189. The Morgan fingerprint density at radius 2 is 2.04 bits per heavy atom. The number of ketones is 1. The van der Waals surface area contributed by atoms with Gasteiger partial charge in [0.1, 0.15) is 6.33 Å². The molecule has 7 heteroatoms. The largest absolute Gasteiger partial charge is 0.370 e. The number of halogens is 1. The van der Waals surface area contributed by atoms with Gasteiger partial charge in [-0.15, -0.1) is 0 Å². The van der Waals surface area contributed by atoms with Crippen LogP contribution in [0.3, 0.4) is 0 Å². The molecule has 4 rings (SSSR count). The van der Waals surface area contributed by atoms with Crippen molar-refractivity contribution in [3.63, 3.8) is 0 Å². The summed E-state index contributed by atoms with van der Waals surface area (Å²) in [5, 5.41) is 0.945. The Kier molecular flexibility index (Phi) is 4.32. The van der Waals surface area contributed by atoms with E-state index in [-0.39, 0.29) is 23.5 Å². The summed E-state index contributed by atoms with van der Waals surface area (Å²) in [6.07, 6.45) is 2.04. The average Bonchev–Trinajstić information content (AvgIpc) is 2.63. The molecule has 0 fully saturated rings. The zero-order chi connectivity index (χ0) is 19.2. The molecule has 138 valence electrons. The van der Waals surface area contributed by atoms with Gasteiger partial charge >= 0.3 is 0 Å². The first-order valence-electron chi connectivity index (χ1n) is 8.63. The van der Waals surface area contributed by atoms with Crippen molar-refractivity contribution in [2.45, 2.75) is 39.0 Å². The number of rotatable bonds is 3. The Labute approximate surface area is 160 Å². The van der Waals surface area contributed by atoms with E-state index in [1.54, 1.807) is 30.3 Å². The van der Waals surface area contributed by atoms with Gasteiger partial charge in [0.05, 0.1) is 29.8 Å². The Morgan fingerprint density at radius 1 is 1.30 bits per heavy atom. The van der Waals surface area contributed by atoms with Crippen LogP contribution in [0.1, 0.15) is 35.5 Å². The summed E-state index contributed by atoms with van der Waals surface area (Å²) >= 11 is 5.85. The monoisotopic (exact) mass is 383 g/mol. The molecule has 27 heavy (non-hydrogen) atoms. The molecule has 0 saturated heterocycles. The zero-order valence-electron chi connectivity index (χ0n) is 15.0. The SMILES string of the molecule is CC1(C)Cc2nc3ncn(CC(=O)c4ccc(Cl)cc4)c(=O)c3cc2CO1. The molecule has 0 N–H and O–H groups in total. The minimum atomic E-state index is -0.289. The van der Waals surface area contributed by atoms with Gasteiger partial charge in [-0.25, -0.2) is 9.97 Å². The second-order valence-electron chi connectivity index (χ2n) is 7.30. The maximum atomic E-state index is 12.8. The molecule has 3 heterocycles. The molecule has 0 aliphatic carbocycles. The normalized spacial score (nSPS) is 15.5. The number of pyridine rings is 1. The first-order chi connectivity index (χ1) is 12.8. The molecule has 2 aromatic heterocycles. The van der Waals surface area contributed by atoms with Crippen LogP contribution in [0.25, 0.3) is 11.0 Å². The Morgan fingerprint density at radius 3 is 2.78 bits per heavy atom. The molecular weight excluding hydrogens is 366 g/mol. The third-order valence-corrected chi connectivity index (χ3v) is 4.93. The molecule has 0 bridgehead atoms. The average molecular weight is 384 g/mol. The van der Waals surface area contributed by atoms with Crippen LogP contribution in [0.4, 0.5) is 0 Å². The highest BCUT2D eigenvalue weighted by Crippen LogP contribution is 2.27. The highest BCUT2D eigenvalue weighted by Gasteiger charge is 2.28. The van der Waals surface area contributed by atoms with Gasteiger partial charge < -0.3 is 4.74 Å². The second-order valence-corrected chi connectivity index (χ2v) is 7.73. The lowest BCUT2D eigenvalue weighted by atomic mass is 9.95. The third kappa shape index (κ3) is 3.50. The molecule has 1 aromatic carbocycles. The molecule has 3 aromatic rings. The summed E-state index contributed by atoms with van der Waals surface area (Å²) in [7, 11) is 0. The van der Waals surface area contributed by atoms with Gasteiger partial charge in [-0.1, -0.05) is 11.6 Å². The van der Waals surface area contributed by atoms with Crippen LogP contribution in [-0.4, -0.2) is 25.9 Å². The first-order valence-corrected chi connectivity index (χ1v) is 9.01. The van der Waals surface area contributed by atoms with Gasteiger partial charge in [-0.3, -0.25) is 14.2 Å². The van der Waals surface area contributed by atoms with E-state index in [1.165, 1.54) is 10.9 Å². The van der Waals surface area contributed by atoms with Crippen molar-refractivity contribution >= 4 is 28.4 Å². The Hall–Kier alpha value is -2.57. The van der Waals surface area contributed by atoms with Crippen LogP contribution in [0.2, 0.25) is 5.02 Å². The van der Waals surface area contributed by atoms with Crippen LogP contribution in [-0.2, 0) is 24.3 Å². The van der Waals surface area contributed by atoms with Crippen LogP contribution >= 0.6 is 11.6 Å². The van der Waals surface area contributed by atoms with E-state index in [9.17, 15) is 9.59 Å². The van der Waals surface area contributed by atoms with Gasteiger partial charge in [-0.2, -0.15) is 0 Å².